The van der Waals surface area contributed by atoms with Gasteiger partial charge in [0.15, 0.2) is 11.6 Å². The van der Waals surface area contributed by atoms with Crippen molar-refractivity contribution in [2.24, 2.45) is 0 Å². The number of amides is 2. The van der Waals surface area contributed by atoms with Gasteiger partial charge in [0.05, 0.1) is 18.3 Å². The fourth-order valence-electron chi connectivity index (χ4n) is 3.96. The van der Waals surface area contributed by atoms with Crippen LogP contribution < -0.4 is 4.90 Å². The lowest BCUT2D eigenvalue weighted by Gasteiger charge is -2.24. The molecule has 2 amide bonds. The van der Waals surface area contributed by atoms with Crippen LogP contribution in [0.25, 0.3) is 11.0 Å². The number of fused-ring (bicyclic) bond motifs is 1. The molecule has 8 nitrogen and oxygen atoms in total. The van der Waals surface area contributed by atoms with Crippen LogP contribution in [0.5, 0.6) is 0 Å². The summed E-state index contributed by atoms with van der Waals surface area (Å²) >= 11 is 0. The highest BCUT2D eigenvalue weighted by Crippen LogP contribution is 2.31. The topological polar surface area (TPSA) is 82.8 Å². The lowest BCUT2D eigenvalue weighted by atomic mass is 10.2. The van der Waals surface area contributed by atoms with Gasteiger partial charge in [-0.05, 0) is 25.0 Å². The summed E-state index contributed by atoms with van der Waals surface area (Å²) in [5.41, 5.74) is 1.40. The maximum atomic E-state index is 12.9. The molecule has 0 aliphatic carbocycles. The second-order valence-electron chi connectivity index (χ2n) is 8.15. The second kappa shape index (κ2) is 8.37. The van der Waals surface area contributed by atoms with E-state index in [0.717, 1.165) is 36.3 Å². The van der Waals surface area contributed by atoms with E-state index < -0.39 is 0 Å². The molecule has 162 valence electrons. The van der Waals surface area contributed by atoms with Crippen LogP contribution in [0.15, 0.2) is 40.8 Å². The number of likely N-dealkylation sites (tertiary alicyclic amines) is 1. The van der Waals surface area contributed by atoms with Gasteiger partial charge < -0.3 is 19.1 Å². The highest BCUT2D eigenvalue weighted by molar-refractivity contribution is 5.95. The molecule has 1 fully saturated rings. The van der Waals surface area contributed by atoms with Crippen LogP contribution in [0.2, 0.25) is 0 Å². The van der Waals surface area contributed by atoms with Gasteiger partial charge in [0, 0.05) is 46.1 Å². The van der Waals surface area contributed by atoms with E-state index in [4.69, 9.17) is 9.40 Å². The third-order valence-corrected chi connectivity index (χ3v) is 5.58. The van der Waals surface area contributed by atoms with Crippen LogP contribution >= 0.6 is 0 Å². The molecule has 1 aliphatic rings. The molecule has 31 heavy (non-hydrogen) atoms. The van der Waals surface area contributed by atoms with Crippen LogP contribution in [0, 0.1) is 0 Å². The number of para-hydroxylation sites is 1. The Morgan fingerprint density at radius 2 is 1.94 bits per heavy atom. The predicted molar refractivity (Wildman–Crippen MR) is 118 cm³/mol. The number of rotatable bonds is 5. The van der Waals surface area contributed by atoms with Gasteiger partial charge in [-0.25, -0.2) is 9.97 Å². The lowest BCUT2D eigenvalue weighted by molar-refractivity contribution is -0.129. The third-order valence-electron chi connectivity index (χ3n) is 5.58. The number of benzene rings is 1. The molecule has 4 rings (SSSR count). The largest absolute Gasteiger partial charge is 0.451 e. The number of hydrogen-bond donors (Lipinski definition) is 0. The van der Waals surface area contributed by atoms with Crippen LogP contribution in [0.1, 0.15) is 47.9 Å². The number of anilines is 1. The monoisotopic (exact) mass is 421 g/mol. The predicted octanol–water partition coefficient (Wildman–Crippen LogP) is 3.24. The lowest BCUT2D eigenvalue weighted by Crippen LogP contribution is -2.30. The first kappa shape index (κ1) is 20.8. The first-order valence-electron chi connectivity index (χ1n) is 10.4. The van der Waals surface area contributed by atoms with Crippen molar-refractivity contribution >= 4 is 28.6 Å². The summed E-state index contributed by atoms with van der Waals surface area (Å²) in [5, 5.41) is 0.893. The van der Waals surface area contributed by atoms with Gasteiger partial charge in [-0.2, -0.15) is 0 Å². The summed E-state index contributed by atoms with van der Waals surface area (Å²) in [6.07, 6.45) is 1.77. The van der Waals surface area contributed by atoms with Gasteiger partial charge in [0.2, 0.25) is 5.91 Å². The van der Waals surface area contributed by atoms with Gasteiger partial charge in [0.25, 0.3) is 5.91 Å². The number of nitrogens with zero attached hydrogens (tertiary/aromatic N) is 5. The minimum atomic E-state index is -0.214. The summed E-state index contributed by atoms with van der Waals surface area (Å²) < 4.78 is 5.72. The summed E-state index contributed by atoms with van der Waals surface area (Å²) in [6.45, 7) is 2.60. The summed E-state index contributed by atoms with van der Waals surface area (Å²) in [4.78, 5) is 39.7. The van der Waals surface area contributed by atoms with E-state index in [0.29, 0.717) is 23.7 Å². The van der Waals surface area contributed by atoms with Crippen LogP contribution in [0.3, 0.4) is 0 Å². The Labute approximate surface area is 181 Å². The van der Waals surface area contributed by atoms with Crippen molar-refractivity contribution in [2.45, 2.75) is 32.4 Å². The fourth-order valence-corrected chi connectivity index (χ4v) is 3.96. The van der Waals surface area contributed by atoms with Gasteiger partial charge >= 0.3 is 0 Å². The standard InChI is InChI=1S/C23H27N5O3/c1-15(29)28-11-7-9-18(28)22-24-17(13-21(25-22)26(2)3)14-27(4)23(30)20-12-16-8-5-6-10-19(16)31-20/h5-6,8,10,12-13,18H,7,9,11,14H2,1-4H3/t18-/m0/s1. The van der Waals surface area contributed by atoms with Gasteiger partial charge in [-0.15, -0.1) is 0 Å². The molecule has 0 unspecified atom stereocenters. The average Bonchev–Trinajstić information content (AvgIpc) is 3.40. The Morgan fingerprint density at radius 1 is 1.16 bits per heavy atom. The molecule has 1 saturated heterocycles. The van der Waals surface area contributed by atoms with Crippen molar-refractivity contribution in [3.63, 3.8) is 0 Å². The minimum absolute atomic E-state index is 0.0279. The molecular formula is C23H27N5O3. The Balaban J connectivity index is 1.60. The van der Waals surface area contributed by atoms with Crippen molar-refractivity contribution in [2.75, 3.05) is 32.6 Å². The molecule has 1 aromatic carbocycles. The zero-order chi connectivity index (χ0) is 22.1. The van der Waals surface area contributed by atoms with Crippen molar-refractivity contribution in [3.05, 3.63) is 53.7 Å². The SMILES string of the molecule is CC(=O)N1CCC[C@H]1c1nc(CN(C)C(=O)c2cc3ccccc3o2)cc(N(C)C)n1. The van der Waals surface area contributed by atoms with Crippen molar-refractivity contribution in [3.8, 4) is 0 Å². The zero-order valence-electron chi connectivity index (χ0n) is 18.3. The Kier molecular flexibility index (Phi) is 5.63. The highest BCUT2D eigenvalue weighted by Gasteiger charge is 2.31. The Bertz CT molecular complexity index is 1090. The molecule has 3 heterocycles. The Hall–Kier alpha value is -3.42. The molecule has 0 bridgehead atoms. The molecule has 0 spiro atoms. The van der Waals surface area contributed by atoms with Crippen molar-refractivity contribution in [1.29, 1.82) is 0 Å². The zero-order valence-corrected chi connectivity index (χ0v) is 18.3. The van der Waals surface area contributed by atoms with Crippen molar-refractivity contribution in [1.82, 2.24) is 19.8 Å². The number of carbonyl (C=O) groups excluding carboxylic acids is 2. The first-order chi connectivity index (χ1) is 14.8. The molecule has 2 aromatic heterocycles. The molecule has 0 saturated carbocycles. The van der Waals surface area contributed by atoms with E-state index in [2.05, 4.69) is 4.98 Å². The molecule has 0 N–H and O–H groups in total. The summed E-state index contributed by atoms with van der Waals surface area (Å²) in [6, 6.07) is 11.0. The fraction of sp³-hybridized carbons (Fsp3) is 0.391. The van der Waals surface area contributed by atoms with Crippen molar-refractivity contribution < 1.29 is 14.0 Å². The molecular weight excluding hydrogens is 394 g/mol. The van der Waals surface area contributed by atoms with E-state index in [1.807, 2.05) is 54.2 Å². The molecule has 1 atom stereocenters. The van der Waals surface area contributed by atoms with E-state index >= 15 is 0 Å². The van der Waals surface area contributed by atoms with Gasteiger partial charge in [-0.1, -0.05) is 18.2 Å². The Morgan fingerprint density at radius 3 is 2.65 bits per heavy atom. The second-order valence-corrected chi connectivity index (χ2v) is 8.15. The maximum Gasteiger partial charge on any atom is 0.289 e. The minimum Gasteiger partial charge on any atom is -0.451 e. The number of aromatic nitrogens is 2. The van der Waals surface area contributed by atoms with E-state index in [1.54, 1.807) is 24.9 Å². The highest BCUT2D eigenvalue weighted by atomic mass is 16.3. The van der Waals surface area contributed by atoms with E-state index in [1.165, 1.54) is 0 Å². The van der Waals surface area contributed by atoms with Gasteiger partial charge in [0.1, 0.15) is 11.4 Å². The molecule has 1 aliphatic heterocycles. The van der Waals surface area contributed by atoms with Crippen LogP contribution in [0.4, 0.5) is 5.82 Å². The summed E-state index contributed by atoms with van der Waals surface area (Å²) in [7, 11) is 5.55. The first-order valence-corrected chi connectivity index (χ1v) is 10.4. The van der Waals surface area contributed by atoms with Crippen LogP contribution in [-0.4, -0.2) is 59.3 Å². The number of carbonyl (C=O) groups is 2. The van der Waals surface area contributed by atoms with E-state index in [-0.39, 0.29) is 17.9 Å². The number of hydrogen-bond acceptors (Lipinski definition) is 6. The quantitative estimate of drug-likeness (QED) is 0.629. The van der Waals surface area contributed by atoms with Crippen LogP contribution in [-0.2, 0) is 11.3 Å². The molecule has 0 radical (unpaired) electrons. The average molecular weight is 422 g/mol. The smallest absolute Gasteiger partial charge is 0.289 e. The number of furan rings is 1. The van der Waals surface area contributed by atoms with E-state index in [9.17, 15) is 9.59 Å². The third kappa shape index (κ3) is 4.23. The summed E-state index contributed by atoms with van der Waals surface area (Å²) in [5.74, 6) is 1.48. The molecule has 8 heteroatoms. The normalized spacial score (nSPS) is 16.0. The van der Waals surface area contributed by atoms with Gasteiger partial charge in [-0.3, -0.25) is 9.59 Å². The maximum absolute atomic E-state index is 12.9. The molecule has 3 aromatic rings.